The van der Waals surface area contributed by atoms with Gasteiger partial charge in [0.15, 0.2) is 0 Å². The van der Waals surface area contributed by atoms with Gasteiger partial charge in [-0.25, -0.2) is 0 Å². The zero-order chi connectivity index (χ0) is 11.2. The summed E-state index contributed by atoms with van der Waals surface area (Å²) >= 11 is 0. The van der Waals surface area contributed by atoms with Crippen molar-refractivity contribution in [2.45, 2.75) is 6.42 Å². The maximum atomic E-state index is 4.65. The van der Waals surface area contributed by atoms with Gasteiger partial charge in [0.25, 0.3) is 0 Å². The van der Waals surface area contributed by atoms with Gasteiger partial charge in [-0.3, -0.25) is 4.99 Å². The van der Waals surface area contributed by atoms with Crippen LogP contribution in [0.1, 0.15) is 22.3 Å². The predicted molar refractivity (Wildman–Crippen MR) is 69.8 cm³/mol. The summed E-state index contributed by atoms with van der Waals surface area (Å²) in [6.45, 7) is 0.681. The average molecular weight is 220 g/mol. The van der Waals surface area contributed by atoms with Gasteiger partial charge in [-0.15, -0.1) is 0 Å². The summed E-state index contributed by atoms with van der Waals surface area (Å²) in [5, 5.41) is 3.34. The van der Waals surface area contributed by atoms with Crippen molar-refractivity contribution in [2.24, 2.45) is 4.99 Å². The number of hydrogen-bond acceptors (Lipinski definition) is 2. The van der Waals surface area contributed by atoms with Crippen molar-refractivity contribution in [2.75, 3.05) is 12.0 Å². The monoisotopic (exact) mass is 220 g/mol. The Kier molecular flexibility index (Phi) is 1.69. The molecule has 82 valence electrons. The van der Waals surface area contributed by atoms with Crippen LogP contribution >= 0.6 is 0 Å². The number of nitrogens with zero attached hydrogens (tertiary/aromatic N) is 1. The third kappa shape index (κ3) is 1.18. The van der Waals surface area contributed by atoms with Crippen LogP contribution in [-0.2, 0) is 6.42 Å². The molecule has 0 fully saturated rings. The number of hydrogen-bond donors (Lipinski definition) is 1. The molecule has 17 heavy (non-hydrogen) atoms. The first-order valence-corrected chi connectivity index (χ1v) is 5.92. The van der Waals surface area contributed by atoms with Crippen LogP contribution < -0.4 is 5.32 Å². The van der Waals surface area contributed by atoms with Crippen LogP contribution in [-0.4, -0.2) is 12.4 Å². The molecule has 0 atom stereocenters. The second-order valence-electron chi connectivity index (χ2n) is 4.52. The Balaban J connectivity index is 2.06. The molecule has 2 nitrogen and oxygen atoms in total. The summed E-state index contributed by atoms with van der Waals surface area (Å²) in [6, 6.07) is 15.1. The normalized spacial score (nSPS) is 15.4. The standard InChI is InChI=1S/C15H12N2/c1-2-6-12-10(4-1)8-11-5-3-7-13-14(11)15(12)17-9-16-13/h1-7,16H,8-9H2. The van der Waals surface area contributed by atoms with E-state index in [0.29, 0.717) is 6.67 Å². The number of aliphatic imine (C=N–C) groups is 1. The number of benzene rings is 2. The maximum absolute atomic E-state index is 4.65. The number of anilines is 1. The first-order valence-electron chi connectivity index (χ1n) is 5.92. The molecule has 0 spiro atoms. The minimum absolute atomic E-state index is 0.681. The third-order valence-electron chi connectivity index (χ3n) is 3.55. The molecule has 0 amide bonds. The topological polar surface area (TPSA) is 24.4 Å². The lowest BCUT2D eigenvalue weighted by molar-refractivity contribution is 1.07. The van der Waals surface area contributed by atoms with Gasteiger partial charge in [-0.05, 0) is 23.6 Å². The van der Waals surface area contributed by atoms with Gasteiger partial charge in [0.05, 0.1) is 5.71 Å². The fraction of sp³-hybridized carbons (Fsp3) is 0.133. The maximum Gasteiger partial charge on any atom is 0.108 e. The molecule has 1 heterocycles. The fourth-order valence-corrected chi connectivity index (χ4v) is 2.79. The zero-order valence-corrected chi connectivity index (χ0v) is 9.40. The Hall–Kier alpha value is -2.09. The largest absolute Gasteiger partial charge is 0.366 e. The van der Waals surface area contributed by atoms with E-state index in [-0.39, 0.29) is 0 Å². The van der Waals surface area contributed by atoms with Crippen LogP contribution in [0, 0.1) is 0 Å². The predicted octanol–water partition coefficient (Wildman–Crippen LogP) is 2.81. The summed E-state index contributed by atoms with van der Waals surface area (Å²) in [5.41, 5.74) is 7.76. The second-order valence-corrected chi connectivity index (χ2v) is 4.52. The van der Waals surface area contributed by atoms with Crippen molar-refractivity contribution in [3.63, 3.8) is 0 Å². The first-order chi connectivity index (χ1) is 8.43. The quantitative estimate of drug-likeness (QED) is 0.619. The van der Waals surface area contributed by atoms with Crippen molar-refractivity contribution in [1.82, 2.24) is 0 Å². The number of fused-ring (bicyclic) bond motifs is 2. The molecule has 0 radical (unpaired) electrons. The number of rotatable bonds is 0. The smallest absolute Gasteiger partial charge is 0.108 e. The highest BCUT2D eigenvalue weighted by molar-refractivity contribution is 6.19. The molecule has 0 unspecified atom stereocenters. The Labute approximate surface area is 100 Å². The van der Waals surface area contributed by atoms with Gasteiger partial charge in [-0.1, -0.05) is 36.4 Å². The van der Waals surface area contributed by atoms with Crippen LogP contribution in [0.15, 0.2) is 47.5 Å². The van der Waals surface area contributed by atoms with Crippen LogP contribution in [0.2, 0.25) is 0 Å². The molecule has 2 aromatic rings. The molecule has 4 rings (SSSR count). The highest BCUT2D eigenvalue weighted by Gasteiger charge is 2.25. The summed E-state index contributed by atoms with van der Waals surface area (Å²) < 4.78 is 0. The summed E-state index contributed by atoms with van der Waals surface area (Å²) in [6.07, 6.45) is 1.01. The van der Waals surface area contributed by atoms with Crippen molar-refractivity contribution in [3.8, 4) is 0 Å². The molecular formula is C15H12N2. The van der Waals surface area contributed by atoms with E-state index in [1.54, 1.807) is 0 Å². The van der Waals surface area contributed by atoms with E-state index in [1.807, 2.05) is 0 Å². The molecule has 1 N–H and O–H groups in total. The van der Waals surface area contributed by atoms with Crippen LogP contribution in [0.5, 0.6) is 0 Å². The minimum atomic E-state index is 0.681. The number of nitrogens with one attached hydrogen (secondary N) is 1. The van der Waals surface area contributed by atoms with E-state index in [9.17, 15) is 0 Å². The molecule has 0 saturated carbocycles. The lowest BCUT2D eigenvalue weighted by Gasteiger charge is -2.27. The van der Waals surface area contributed by atoms with Crippen molar-refractivity contribution in [3.05, 3.63) is 64.7 Å². The molecule has 1 aliphatic carbocycles. The molecule has 2 heteroatoms. The van der Waals surface area contributed by atoms with Crippen molar-refractivity contribution < 1.29 is 0 Å². The summed E-state index contributed by atoms with van der Waals surface area (Å²) in [7, 11) is 0. The first kappa shape index (κ1) is 8.99. The van der Waals surface area contributed by atoms with E-state index < -0.39 is 0 Å². The Morgan fingerprint density at radius 3 is 2.82 bits per heavy atom. The lowest BCUT2D eigenvalue weighted by Crippen LogP contribution is -2.23. The summed E-state index contributed by atoms with van der Waals surface area (Å²) in [4.78, 5) is 4.65. The van der Waals surface area contributed by atoms with Gasteiger partial charge < -0.3 is 5.32 Å². The van der Waals surface area contributed by atoms with Crippen molar-refractivity contribution in [1.29, 1.82) is 0 Å². The van der Waals surface area contributed by atoms with Crippen LogP contribution in [0.25, 0.3) is 0 Å². The molecular weight excluding hydrogens is 208 g/mol. The molecule has 0 bridgehead atoms. The van der Waals surface area contributed by atoms with E-state index in [2.05, 4.69) is 52.8 Å². The lowest BCUT2D eigenvalue weighted by atomic mass is 9.83. The zero-order valence-electron chi connectivity index (χ0n) is 9.40. The van der Waals surface area contributed by atoms with E-state index in [4.69, 9.17) is 0 Å². The van der Waals surface area contributed by atoms with E-state index in [0.717, 1.165) is 12.1 Å². The van der Waals surface area contributed by atoms with Crippen LogP contribution in [0.4, 0.5) is 5.69 Å². The van der Waals surface area contributed by atoms with Gasteiger partial charge >= 0.3 is 0 Å². The van der Waals surface area contributed by atoms with E-state index >= 15 is 0 Å². The molecule has 0 aromatic heterocycles. The van der Waals surface area contributed by atoms with E-state index in [1.165, 1.54) is 27.9 Å². The Bertz CT molecular complexity index is 641. The average Bonchev–Trinajstić information content (AvgIpc) is 2.39. The molecule has 1 aliphatic heterocycles. The van der Waals surface area contributed by atoms with Gasteiger partial charge in [-0.2, -0.15) is 0 Å². The van der Waals surface area contributed by atoms with Gasteiger partial charge in [0.2, 0.25) is 0 Å². The van der Waals surface area contributed by atoms with Gasteiger partial charge in [0.1, 0.15) is 6.67 Å². The van der Waals surface area contributed by atoms with Crippen LogP contribution in [0.3, 0.4) is 0 Å². The molecule has 2 aliphatic rings. The highest BCUT2D eigenvalue weighted by atomic mass is 15.0. The Morgan fingerprint density at radius 2 is 1.82 bits per heavy atom. The SMILES string of the molecule is c1ccc2c(c1)Cc1cccc3c1C2=NCN3. The van der Waals surface area contributed by atoms with Crippen molar-refractivity contribution >= 4 is 11.4 Å². The summed E-state index contributed by atoms with van der Waals surface area (Å²) in [5.74, 6) is 0. The minimum Gasteiger partial charge on any atom is -0.366 e. The third-order valence-corrected chi connectivity index (χ3v) is 3.55. The van der Waals surface area contributed by atoms with Gasteiger partial charge in [0, 0.05) is 16.8 Å². The molecule has 0 saturated heterocycles. The highest BCUT2D eigenvalue weighted by Crippen LogP contribution is 2.33. The fourth-order valence-electron chi connectivity index (χ4n) is 2.79. The Morgan fingerprint density at radius 1 is 0.941 bits per heavy atom. The second kappa shape index (κ2) is 3.20. The molecule has 2 aromatic carbocycles.